The third-order valence-electron chi connectivity index (χ3n) is 3.43. The van der Waals surface area contributed by atoms with Crippen LogP contribution in [0.5, 0.6) is 0 Å². The third-order valence-corrected chi connectivity index (χ3v) is 3.43. The van der Waals surface area contributed by atoms with Crippen molar-refractivity contribution in [3.63, 3.8) is 0 Å². The van der Waals surface area contributed by atoms with E-state index >= 15 is 0 Å². The first-order valence-corrected chi connectivity index (χ1v) is 7.02. The zero-order valence-corrected chi connectivity index (χ0v) is 12.3. The number of alkyl halides is 3. The Labute approximate surface area is 136 Å². The van der Waals surface area contributed by atoms with Crippen molar-refractivity contribution in [2.75, 3.05) is 0 Å². The molecule has 0 aliphatic carbocycles. The molecule has 1 heterocycles. The highest BCUT2D eigenvalue weighted by atomic mass is 19.4. The van der Waals surface area contributed by atoms with Crippen LogP contribution in [0.25, 0.3) is 10.9 Å². The lowest BCUT2D eigenvalue weighted by molar-refractivity contribution is -0.137. The molecule has 0 atom stereocenters. The molecule has 3 aromatic rings. The second-order valence-corrected chi connectivity index (χ2v) is 5.03. The molecule has 24 heavy (non-hydrogen) atoms. The highest BCUT2D eigenvalue weighted by molar-refractivity contribution is 5.88. The SMILES string of the molecule is O=Cc1cc2ccccc2nc1C#Cc1ccccc1C(F)(F)F. The van der Waals surface area contributed by atoms with E-state index in [9.17, 15) is 18.0 Å². The normalized spacial score (nSPS) is 11.0. The number of nitrogens with zero attached hydrogens (tertiary/aromatic N) is 1. The highest BCUT2D eigenvalue weighted by Gasteiger charge is 2.32. The van der Waals surface area contributed by atoms with E-state index in [0.717, 1.165) is 11.5 Å². The van der Waals surface area contributed by atoms with E-state index in [1.54, 1.807) is 24.3 Å². The molecule has 2 aromatic carbocycles. The number of rotatable bonds is 1. The van der Waals surface area contributed by atoms with Gasteiger partial charge in [-0.1, -0.05) is 36.3 Å². The van der Waals surface area contributed by atoms with Gasteiger partial charge in [-0.2, -0.15) is 13.2 Å². The zero-order valence-electron chi connectivity index (χ0n) is 12.3. The maximum atomic E-state index is 13.0. The summed E-state index contributed by atoms with van der Waals surface area (Å²) in [5.41, 5.74) is 0.0469. The summed E-state index contributed by atoms with van der Waals surface area (Å²) < 4.78 is 39.0. The number of aromatic nitrogens is 1. The molecule has 0 saturated carbocycles. The van der Waals surface area contributed by atoms with Crippen molar-refractivity contribution < 1.29 is 18.0 Å². The van der Waals surface area contributed by atoms with Gasteiger partial charge in [0.05, 0.1) is 11.1 Å². The van der Waals surface area contributed by atoms with Crippen LogP contribution in [0.15, 0.2) is 54.6 Å². The maximum absolute atomic E-state index is 13.0. The summed E-state index contributed by atoms with van der Waals surface area (Å²) >= 11 is 0. The molecule has 1 aromatic heterocycles. The first-order valence-electron chi connectivity index (χ1n) is 7.02. The van der Waals surface area contributed by atoms with Crippen LogP contribution >= 0.6 is 0 Å². The Morgan fingerprint density at radius 2 is 1.67 bits per heavy atom. The van der Waals surface area contributed by atoms with Crippen molar-refractivity contribution in [1.29, 1.82) is 0 Å². The van der Waals surface area contributed by atoms with Crippen molar-refractivity contribution in [3.05, 3.63) is 77.0 Å². The van der Waals surface area contributed by atoms with E-state index in [1.165, 1.54) is 18.2 Å². The van der Waals surface area contributed by atoms with Gasteiger partial charge in [-0.05, 0) is 30.2 Å². The lowest BCUT2D eigenvalue weighted by Crippen LogP contribution is -2.07. The highest BCUT2D eigenvalue weighted by Crippen LogP contribution is 2.31. The molecule has 0 radical (unpaired) electrons. The van der Waals surface area contributed by atoms with Crippen LogP contribution in [0.4, 0.5) is 13.2 Å². The summed E-state index contributed by atoms with van der Waals surface area (Å²) in [5, 5.41) is 0.765. The number of carbonyl (C=O) groups excluding carboxylic acids is 1. The van der Waals surface area contributed by atoms with Crippen molar-refractivity contribution >= 4 is 17.2 Å². The molecule has 0 fully saturated rings. The molecule has 3 rings (SSSR count). The van der Waals surface area contributed by atoms with Crippen LogP contribution in [-0.2, 0) is 6.18 Å². The molecule has 0 unspecified atom stereocenters. The first-order chi connectivity index (χ1) is 11.5. The Hall–Kier alpha value is -3.13. The average molecular weight is 325 g/mol. The number of aldehydes is 1. The monoisotopic (exact) mass is 325 g/mol. The number of fused-ring (bicyclic) bond motifs is 1. The van der Waals surface area contributed by atoms with Gasteiger partial charge in [-0.3, -0.25) is 4.79 Å². The fourth-order valence-corrected chi connectivity index (χ4v) is 2.29. The minimum atomic E-state index is -4.49. The van der Waals surface area contributed by atoms with Crippen molar-refractivity contribution in [1.82, 2.24) is 4.98 Å². The molecule has 0 N–H and O–H groups in total. The summed E-state index contributed by atoms with van der Waals surface area (Å²) in [5.74, 6) is 5.08. The van der Waals surface area contributed by atoms with Gasteiger partial charge in [-0.15, -0.1) is 0 Å². The van der Waals surface area contributed by atoms with Crippen molar-refractivity contribution in [2.45, 2.75) is 6.18 Å². The van der Waals surface area contributed by atoms with E-state index in [2.05, 4.69) is 16.8 Å². The number of halogens is 3. The van der Waals surface area contributed by atoms with Crippen LogP contribution in [0.2, 0.25) is 0 Å². The second kappa shape index (κ2) is 6.17. The summed E-state index contributed by atoms with van der Waals surface area (Å²) in [6.07, 6.45) is -3.89. The Morgan fingerprint density at radius 3 is 2.42 bits per heavy atom. The topological polar surface area (TPSA) is 30.0 Å². The summed E-state index contributed by atoms with van der Waals surface area (Å²) in [6.45, 7) is 0. The largest absolute Gasteiger partial charge is 0.417 e. The lowest BCUT2D eigenvalue weighted by Gasteiger charge is -2.08. The van der Waals surface area contributed by atoms with Crippen LogP contribution in [-0.4, -0.2) is 11.3 Å². The van der Waals surface area contributed by atoms with Gasteiger partial charge in [0.25, 0.3) is 0 Å². The molecular weight excluding hydrogens is 315 g/mol. The predicted molar refractivity (Wildman–Crippen MR) is 84.6 cm³/mol. The van der Waals surface area contributed by atoms with Gasteiger partial charge in [-0.25, -0.2) is 4.98 Å². The van der Waals surface area contributed by atoms with Gasteiger partial charge < -0.3 is 0 Å². The van der Waals surface area contributed by atoms with Gasteiger partial charge in [0.15, 0.2) is 6.29 Å². The number of para-hydroxylation sites is 1. The second-order valence-electron chi connectivity index (χ2n) is 5.03. The molecule has 118 valence electrons. The standard InChI is InChI=1S/C19H10F3NO/c20-19(21,22)16-7-3-1-5-13(16)9-10-18-15(12-24)11-14-6-2-4-8-17(14)23-18/h1-8,11-12H. The average Bonchev–Trinajstić information content (AvgIpc) is 2.58. The number of benzene rings is 2. The van der Waals surface area contributed by atoms with Crippen LogP contribution in [0.1, 0.15) is 27.2 Å². The summed E-state index contributed by atoms with van der Waals surface area (Å²) in [4.78, 5) is 15.5. The number of carbonyl (C=O) groups is 1. The Balaban J connectivity index is 2.12. The van der Waals surface area contributed by atoms with Crippen LogP contribution < -0.4 is 0 Å². The van der Waals surface area contributed by atoms with Crippen molar-refractivity contribution in [3.8, 4) is 11.8 Å². The fraction of sp³-hybridized carbons (Fsp3) is 0.0526. The van der Waals surface area contributed by atoms with Gasteiger partial charge >= 0.3 is 6.18 Å². The van der Waals surface area contributed by atoms with Gasteiger partial charge in [0, 0.05) is 16.5 Å². The fourth-order valence-electron chi connectivity index (χ4n) is 2.29. The molecule has 0 aliphatic heterocycles. The molecular formula is C19H10F3NO. The van der Waals surface area contributed by atoms with Gasteiger partial charge in [0.2, 0.25) is 0 Å². The molecule has 0 bridgehead atoms. The van der Waals surface area contributed by atoms with Crippen LogP contribution in [0.3, 0.4) is 0 Å². The molecule has 0 amide bonds. The Bertz CT molecular complexity index is 981. The molecule has 0 aliphatic rings. The molecule has 0 spiro atoms. The van der Waals surface area contributed by atoms with Crippen molar-refractivity contribution in [2.24, 2.45) is 0 Å². The number of hydrogen-bond donors (Lipinski definition) is 0. The van der Waals surface area contributed by atoms with E-state index in [4.69, 9.17) is 0 Å². The van der Waals surface area contributed by atoms with E-state index in [0.29, 0.717) is 11.8 Å². The maximum Gasteiger partial charge on any atom is 0.417 e. The van der Waals surface area contributed by atoms with E-state index in [1.807, 2.05) is 6.07 Å². The minimum Gasteiger partial charge on any atom is -0.298 e. The molecule has 5 heteroatoms. The predicted octanol–water partition coefficient (Wildman–Crippen LogP) is 4.47. The number of hydrogen-bond acceptors (Lipinski definition) is 2. The quantitative estimate of drug-likeness (QED) is 0.488. The summed E-state index contributed by atoms with van der Waals surface area (Å²) in [7, 11) is 0. The van der Waals surface area contributed by atoms with E-state index < -0.39 is 11.7 Å². The van der Waals surface area contributed by atoms with E-state index in [-0.39, 0.29) is 16.8 Å². The molecule has 0 saturated heterocycles. The zero-order chi connectivity index (χ0) is 17.2. The Morgan fingerprint density at radius 1 is 0.958 bits per heavy atom. The van der Waals surface area contributed by atoms with Gasteiger partial charge in [0.1, 0.15) is 5.69 Å². The molecule has 2 nitrogen and oxygen atoms in total. The summed E-state index contributed by atoms with van der Waals surface area (Å²) in [6, 6.07) is 13.8. The minimum absolute atomic E-state index is 0.153. The Kier molecular flexibility index (Phi) is 4.05. The third kappa shape index (κ3) is 3.13. The number of pyridine rings is 1. The first kappa shape index (κ1) is 15.8. The smallest absolute Gasteiger partial charge is 0.298 e. The lowest BCUT2D eigenvalue weighted by atomic mass is 10.1. The van der Waals surface area contributed by atoms with Crippen LogP contribution in [0, 0.1) is 11.8 Å².